The number of nitrogens with two attached hydrogens (primary N) is 1. The molecule has 0 aliphatic rings. The Kier molecular flexibility index (Phi) is 3.17. The van der Waals surface area contributed by atoms with Gasteiger partial charge in [0.2, 0.25) is 0 Å². The Bertz CT molecular complexity index is 797. The Hall–Kier alpha value is -2.69. The molecule has 21 heavy (non-hydrogen) atoms. The van der Waals surface area contributed by atoms with E-state index in [1.807, 2.05) is 43.3 Å². The third-order valence-electron chi connectivity index (χ3n) is 3.33. The first-order chi connectivity index (χ1) is 10.0. The third kappa shape index (κ3) is 2.50. The monoisotopic (exact) mass is 282 g/mol. The van der Waals surface area contributed by atoms with E-state index in [0.717, 1.165) is 11.3 Å². The quantitative estimate of drug-likeness (QED) is 0.784. The van der Waals surface area contributed by atoms with Crippen LogP contribution in [0.3, 0.4) is 0 Å². The normalized spacial score (nSPS) is 10.8. The van der Waals surface area contributed by atoms with Crippen molar-refractivity contribution >= 4 is 22.4 Å². The Morgan fingerprint density at radius 3 is 2.38 bits per heavy atom. The zero-order valence-electron chi connectivity index (χ0n) is 11.8. The van der Waals surface area contributed by atoms with Gasteiger partial charge in [-0.1, -0.05) is 0 Å². The van der Waals surface area contributed by atoms with E-state index < -0.39 is 0 Å². The lowest BCUT2D eigenvalue weighted by molar-refractivity contribution is 0.629. The maximum absolute atomic E-state index is 13.3. The van der Waals surface area contributed by atoms with Crippen molar-refractivity contribution in [2.75, 3.05) is 24.7 Å². The summed E-state index contributed by atoms with van der Waals surface area (Å²) >= 11 is 0. The molecular formula is C16H15FN4. The Morgan fingerprint density at radius 2 is 1.71 bits per heavy atom. The van der Waals surface area contributed by atoms with E-state index in [2.05, 4.69) is 9.97 Å². The van der Waals surface area contributed by atoms with Gasteiger partial charge in [0.1, 0.15) is 11.6 Å². The Morgan fingerprint density at radius 1 is 1.00 bits per heavy atom. The number of rotatable bonds is 2. The molecule has 1 heterocycles. The SMILES string of the molecule is CN(C)c1ccc(-c2nc(N)c3ccc(F)cc3n2)cc1. The Balaban J connectivity index is 2.11. The second kappa shape index (κ2) is 5.01. The van der Waals surface area contributed by atoms with Crippen LogP contribution in [0, 0.1) is 5.82 Å². The van der Waals surface area contributed by atoms with Crippen LogP contribution >= 0.6 is 0 Å². The smallest absolute Gasteiger partial charge is 0.162 e. The van der Waals surface area contributed by atoms with Gasteiger partial charge in [-0.15, -0.1) is 0 Å². The van der Waals surface area contributed by atoms with Crippen LogP contribution in [0.5, 0.6) is 0 Å². The van der Waals surface area contributed by atoms with Crippen molar-refractivity contribution in [2.45, 2.75) is 0 Å². The topological polar surface area (TPSA) is 55.0 Å². The molecule has 0 bridgehead atoms. The van der Waals surface area contributed by atoms with Crippen LogP contribution in [-0.4, -0.2) is 24.1 Å². The van der Waals surface area contributed by atoms with Crippen LogP contribution in [-0.2, 0) is 0 Å². The van der Waals surface area contributed by atoms with Crippen LogP contribution in [0.1, 0.15) is 0 Å². The molecule has 4 nitrogen and oxygen atoms in total. The minimum absolute atomic E-state index is 0.338. The molecule has 0 aliphatic heterocycles. The van der Waals surface area contributed by atoms with Gasteiger partial charge in [-0.25, -0.2) is 14.4 Å². The van der Waals surface area contributed by atoms with Crippen LogP contribution in [0.25, 0.3) is 22.3 Å². The first-order valence-electron chi connectivity index (χ1n) is 6.55. The first kappa shape index (κ1) is 13.3. The minimum atomic E-state index is -0.338. The molecule has 0 saturated carbocycles. The van der Waals surface area contributed by atoms with E-state index in [0.29, 0.717) is 22.5 Å². The summed E-state index contributed by atoms with van der Waals surface area (Å²) in [6.07, 6.45) is 0. The maximum Gasteiger partial charge on any atom is 0.162 e. The highest BCUT2D eigenvalue weighted by Gasteiger charge is 2.08. The summed E-state index contributed by atoms with van der Waals surface area (Å²) in [6, 6.07) is 12.1. The molecule has 0 spiro atoms. The average Bonchev–Trinajstić information content (AvgIpc) is 2.46. The molecule has 0 atom stereocenters. The fourth-order valence-electron chi connectivity index (χ4n) is 2.17. The Labute approximate surface area is 122 Å². The summed E-state index contributed by atoms with van der Waals surface area (Å²) < 4.78 is 13.3. The molecule has 5 heteroatoms. The minimum Gasteiger partial charge on any atom is -0.383 e. The van der Waals surface area contributed by atoms with Crippen molar-refractivity contribution in [3.63, 3.8) is 0 Å². The predicted octanol–water partition coefficient (Wildman–Crippen LogP) is 3.08. The fourth-order valence-corrected chi connectivity index (χ4v) is 2.17. The lowest BCUT2D eigenvalue weighted by Gasteiger charge is -2.12. The van der Waals surface area contributed by atoms with Gasteiger partial charge in [-0.2, -0.15) is 0 Å². The maximum atomic E-state index is 13.3. The number of aromatic nitrogens is 2. The number of anilines is 2. The van der Waals surface area contributed by atoms with Crippen LogP contribution in [0.15, 0.2) is 42.5 Å². The lowest BCUT2D eigenvalue weighted by Crippen LogP contribution is -2.08. The van der Waals surface area contributed by atoms with Gasteiger partial charge in [-0.3, -0.25) is 0 Å². The van der Waals surface area contributed by atoms with E-state index >= 15 is 0 Å². The molecule has 3 rings (SSSR count). The van der Waals surface area contributed by atoms with E-state index in [9.17, 15) is 4.39 Å². The number of halogens is 1. The zero-order chi connectivity index (χ0) is 15.0. The van der Waals surface area contributed by atoms with Crippen LogP contribution in [0.4, 0.5) is 15.9 Å². The van der Waals surface area contributed by atoms with Crippen molar-refractivity contribution in [3.05, 3.63) is 48.3 Å². The molecule has 0 radical (unpaired) electrons. The van der Waals surface area contributed by atoms with E-state index in [4.69, 9.17) is 5.73 Å². The largest absolute Gasteiger partial charge is 0.383 e. The van der Waals surface area contributed by atoms with E-state index in [1.165, 1.54) is 12.1 Å². The third-order valence-corrected chi connectivity index (χ3v) is 3.33. The average molecular weight is 282 g/mol. The number of fused-ring (bicyclic) bond motifs is 1. The van der Waals surface area contributed by atoms with Gasteiger partial charge < -0.3 is 10.6 Å². The molecule has 0 amide bonds. The van der Waals surface area contributed by atoms with Gasteiger partial charge in [0.15, 0.2) is 5.82 Å². The molecule has 3 aromatic rings. The summed E-state index contributed by atoms with van der Waals surface area (Å²) in [5.74, 6) is 0.511. The number of nitrogens with zero attached hydrogens (tertiary/aromatic N) is 3. The van der Waals surface area contributed by atoms with Crippen molar-refractivity contribution in [1.82, 2.24) is 9.97 Å². The zero-order valence-corrected chi connectivity index (χ0v) is 11.8. The molecular weight excluding hydrogens is 267 g/mol. The highest BCUT2D eigenvalue weighted by molar-refractivity contribution is 5.89. The van der Waals surface area contributed by atoms with Crippen LogP contribution < -0.4 is 10.6 Å². The van der Waals surface area contributed by atoms with Crippen molar-refractivity contribution < 1.29 is 4.39 Å². The van der Waals surface area contributed by atoms with Gasteiger partial charge in [0.05, 0.1) is 5.52 Å². The molecule has 106 valence electrons. The van der Waals surface area contributed by atoms with Gasteiger partial charge in [-0.05, 0) is 36.4 Å². The number of hydrogen-bond donors (Lipinski definition) is 1. The number of benzene rings is 2. The highest BCUT2D eigenvalue weighted by Crippen LogP contribution is 2.25. The lowest BCUT2D eigenvalue weighted by atomic mass is 10.1. The standard InChI is InChI=1S/C16H15FN4/c1-21(2)12-6-3-10(4-7-12)16-19-14-9-11(17)5-8-13(14)15(18)20-16/h3-9H,1-2H3,(H2,18,19,20). The molecule has 1 aromatic heterocycles. The second-order valence-corrected chi connectivity index (χ2v) is 5.04. The van der Waals surface area contributed by atoms with E-state index in [-0.39, 0.29) is 5.82 Å². The summed E-state index contributed by atoms with van der Waals surface area (Å²) in [5, 5.41) is 0.657. The number of hydrogen-bond acceptors (Lipinski definition) is 4. The molecule has 0 saturated heterocycles. The molecule has 0 aliphatic carbocycles. The summed E-state index contributed by atoms with van der Waals surface area (Å²) in [7, 11) is 3.95. The van der Waals surface area contributed by atoms with Crippen molar-refractivity contribution in [1.29, 1.82) is 0 Å². The van der Waals surface area contributed by atoms with Crippen molar-refractivity contribution in [2.24, 2.45) is 0 Å². The van der Waals surface area contributed by atoms with Crippen molar-refractivity contribution in [3.8, 4) is 11.4 Å². The molecule has 0 fully saturated rings. The van der Waals surface area contributed by atoms with Crippen LogP contribution in [0.2, 0.25) is 0 Å². The highest BCUT2D eigenvalue weighted by atomic mass is 19.1. The summed E-state index contributed by atoms with van der Waals surface area (Å²) in [4.78, 5) is 10.7. The predicted molar refractivity (Wildman–Crippen MR) is 83.7 cm³/mol. The van der Waals surface area contributed by atoms with Gasteiger partial charge >= 0.3 is 0 Å². The fraction of sp³-hybridized carbons (Fsp3) is 0.125. The molecule has 2 aromatic carbocycles. The van der Waals surface area contributed by atoms with Gasteiger partial charge in [0, 0.05) is 36.8 Å². The number of nitrogen functional groups attached to an aromatic ring is 1. The second-order valence-electron chi connectivity index (χ2n) is 5.04. The van der Waals surface area contributed by atoms with Gasteiger partial charge in [0.25, 0.3) is 0 Å². The molecule has 0 unspecified atom stereocenters. The summed E-state index contributed by atoms with van der Waals surface area (Å²) in [6.45, 7) is 0. The first-order valence-corrected chi connectivity index (χ1v) is 6.55. The summed E-state index contributed by atoms with van der Waals surface area (Å²) in [5.41, 5.74) is 8.38. The van der Waals surface area contributed by atoms with E-state index in [1.54, 1.807) is 6.07 Å². The molecule has 2 N–H and O–H groups in total.